The number of aromatic carboxylic acids is 1. The highest BCUT2D eigenvalue weighted by molar-refractivity contribution is 6.07. The Hall–Kier alpha value is -6.66. The molecule has 53 heavy (non-hydrogen) atoms. The average Bonchev–Trinajstić information content (AvgIpc) is 3.19. The fourth-order valence-electron chi connectivity index (χ4n) is 5.99. The molecular formula is C41H38N4O8. The van der Waals surface area contributed by atoms with E-state index in [-0.39, 0.29) is 19.0 Å². The normalized spacial score (nSPS) is 11.5. The Kier molecular flexibility index (Phi) is 11.6. The van der Waals surface area contributed by atoms with Crippen LogP contribution in [0.25, 0.3) is 33.4 Å². The minimum Gasteiger partial charge on any atom is -0.545 e. The fourth-order valence-corrected chi connectivity index (χ4v) is 5.99. The predicted molar refractivity (Wildman–Crippen MR) is 197 cm³/mol. The van der Waals surface area contributed by atoms with E-state index in [1.54, 1.807) is 29.3 Å². The number of amides is 2. The van der Waals surface area contributed by atoms with E-state index in [0.717, 1.165) is 16.5 Å². The number of benzene rings is 5. The molecule has 1 heterocycles. The van der Waals surface area contributed by atoms with Gasteiger partial charge >= 0.3 is 12.2 Å². The molecule has 0 aromatic heterocycles. The first kappa shape index (κ1) is 36.1. The first-order valence-electron chi connectivity index (χ1n) is 16.9. The van der Waals surface area contributed by atoms with Crippen LogP contribution in [0, 0.1) is 0 Å². The molecule has 0 saturated heterocycles. The summed E-state index contributed by atoms with van der Waals surface area (Å²) < 4.78 is 19.2. The van der Waals surface area contributed by atoms with Gasteiger partial charge in [0, 0.05) is 53.9 Å². The van der Waals surface area contributed by atoms with Crippen molar-refractivity contribution >= 4 is 34.8 Å². The number of carbonyl (C=O) groups is 3. The van der Waals surface area contributed by atoms with E-state index in [4.69, 9.17) is 18.7 Å². The molecule has 1 aliphatic carbocycles. The molecule has 270 valence electrons. The maximum Gasteiger partial charge on any atom is 0.409 e. The second-order valence-corrected chi connectivity index (χ2v) is 11.9. The lowest BCUT2D eigenvalue weighted by Gasteiger charge is -2.25. The Bertz CT molecular complexity index is 2260. The van der Waals surface area contributed by atoms with Crippen molar-refractivity contribution in [3.05, 3.63) is 143 Å². The zero-order valence-corrected chi connectivity index (χ0v) is 29.2. The van der Waals surface area contributed by atoms with Crippen LogP contribution in [0.2, 0.25) is 0 Å². The van der Waals surface area contributed by atoms with E-state index in [1.807, 2.05) is 91.0 Å². The SMILES string of the molecule is CNC(=O)OCC[N+](Cc1ccccc1)=c1ccc2c(-c3ccccc3C(=O)[O-])c3ccc(N(Cc4ccccc4)OCOC(=O)NC)cc3oc-2c1. The summed E-state index contributed by atoms with van der Waals surface area (Å²) in [6, 6.07) is 37.5. The maximum absolute atomic E-state index is 12.4. The largest absolute Gasteiger partial charge is 0.545 e. The molecule has 6 rings (SSSR count). The quantitative estimate of drug-likeness (QED) is 0.0719. The Balaban J connectivity index is 1.54. The third-order valence-electron chi connectivity index (χ3n) is 8.54. The highest BCUT2D eigenvalue weighted by Gasteiger charge is 2.22. The summed E-state index contributed by atoms with van der Waals surface area (Å²) >= 11 is 0. The van der Waals surface area contributed by atoms with Crippen molar-refractivity contribution in [2.24, 2.45) is 0 Å². The summed E-state index contributed by atoms with van der Waals surface area (Å²) in [5.41, 5.74) is 4.86. The standard InChI is InChI=1S/C41H38N4O8/c1-42-40(48)50-22-21-44(25-28-11-5-3-6-12-28)30-17-19-34-36(23-30)53-37-24-31(18-20-35(37)38(34)32-15-9-10-16-33(32)39(46)47)45(52-27-51-41(49)43-2)26-29-13-7-4-8-14-29/h3-20,23-24H,21-22,25-27H2,1-2H3,(H2-,42,43,46,47,48,49). The van der Waals surface area contributed by atoms with Gasteiger partial charge in [-0.15, -0.1) is 0 Å². The molecule has 2 aliphatic rings. The minimum absolute atomic E-state index is 0.0342. The van der Waals surface area contributed by atoms with Crippen LogP contribution in [-0.4, -0.2) is 52.2 Å². The van der Waals surface area contributed by atoms with Crippen LogP contribution in [0.1, 0.15) is 21.5 Å². The summed E-state index contributed by atoms with van der Waals surface area (Å²) in [6.07, 6.45) is -1.17. The summed E-state index contributed by atoms with van der Waals surface area (Å²) in [5.74, 6) is -0.821. The molecule has 0 atom stereocenters. The van der Waals surface area contributed by atoms with E-state index >= 15 is 0 Å². The Labute approximate surface area is 305 Å². The molecule has 0 unspecified atom stereocenters. The lowest BCUT2D eigenvalue weighted by Crippen LogP contribution is -2.34. The lowest BCUT2D eigenvalue weighted by molar-refractivity contribution is -0.254. The third kappa shape index (κ3) is 8.81. The van der Waals surface area contributed by atoms with Gasteiger partial charge in [0.2, 0.25) is 12.2 Å². The number of alkyl carbamates (subject to hydrolysis) is 2. The molecule has 0 bridgehead atoms. The van der Waals surface area contributed by atoms with Crippen LogP contribution in [-0.2, 0) is 27.4 Å². The van der Waals surface area contributed by atoms with Gasteiger partial charge in [0.1, 0.15) is 11.3 Å². The first-order valence-corrected chi connectivity index (χ1v) is 16.9. The van der Waals surface area contributed by atoms with Crippen LogP contribution in [0.5, 0.6) is 0 Å². The van der Waals surface area contributed by atoms with Gasteiger partial charge in [-0.3, -0.25) is 0 Å². The molecule has 4 aromatic carbocycles. The topological polar surface area (TPSA) is 145 Å². The van der Waals surface area contributed by atoms with Crippen LogP contribution >= 0.6 is 0 Å². The van der Waals surface area contributed by atoms with Crippen LogP contribution < -0.4 is 30.7 Å². The number of hydrogen-bond donors (Lipinski definition) is 2. The van der Waals surface area contributed by atoms with Gasteiger partial charge in [-0.2, -0.15) is 0 Å². The fraction of sp³-hybridized carbons (Fsp3) is 0.171. The molecule has 2 N–H and O–H groups in total. The number of carboxylic acid groups (broad SMARTS) is 1. The van der Waals surface area contributed by atoms with Crippen molar-refractivity contribution in [3.8, 4) is 22.5 Å². The van der Waals surface area contributed by atoms with Crippen molar-refractivity contribution in [2.75, 3.05) is 39.1 Å². The summed E-state index contributed by atoms with van der Waals surface area (Å²) in [6.45, 7) is 0.997. The minimum atomic E-state index is -1.31. The van der Waals surface area contributed by atoms with E-state index in [2.05, 4.69) is 15.2 Å². The second kappa shape index (κ2) is 17.0. The Morgan fingerprint density at radius 1 is 0.755 bits per heavy atom. The zero-order chi connectivity index (χ0) is 37.2. The zero-order valence-electron chi connectivity index (χ0n) is 29.2. The number of hydrogen-bond acceptors (Lipinski definition) is 9. The van der Waals surface area contributed by atoms with Crippen molar-refractivity contribution in [3.63, 3.8) is 0 Å². The van der Waals surface area contributed by atoms with Crippen molar-refractivity contribution in [1.29, 1.82) is 0 Å². The molecule has 0 spiro atoms. The van der Waals surface area contributed by atoms with Gasteiger partial charge in [0.15, 0.2) is 19.7 Å². The number of nitrogens with zero attached hydrogens (tertiary/aromatic N) is 2. The average molecular weight is 715 g/mol. The summed E-state index contributed by atoms with van der Waals surface area (Å²) in [7, 11) is 2.97. The predicted octanol–water partition coefficient (Wildman–Crippen LogP) is 5.15. The van der Waals surface area contributed by atoms with E-state index in [9.17, 15) is 19.5 Å². The second-order valence-electron chi connectivity index (χ2n) is 11.9. The first-order chi connectivity index (χ1) is 25.8. The number of carboxylic acids is 1. The molecule has 12 nitrogen and oxygen atoms in total. The van der Waals surface area contributed by atoms with Gasteiger partial charge in [0.05, 0.1) is 24.3 Å². The Morgan fingerprint density at radius 2 is 1.43 bits per heavy atom. The van der Waals surface area contributed by atoms with Crippen LogP contribution in [0.4, 0.5) is 15.3 Å². The molecule has 0 saturated carbocycles. The number of nitrogens with one attached hydrogen (secondary N) is 2. The molecule has 4 aromatic rings. The molecule has 1 aliphatic heterocycles. The van der Waals surface area contributed by atoms with E-state index in [1.165, 1.54) is 20.2 Å². The number of carbonyl (C=O) groups excluding carboxylic acids is 3. The number of fused-ring (bicyclic) bond motifs is 2. The van der Waals surface area contributed by atoms with Gasteiger partial charge in [-0.25, -0.2) is 24.1 Å². The smallest absolute Gasteiger partial charge is 0.409 e. The Morgan fingerprint density at radius 3 is 2.15 bits per heavy atom. The molecular weight excluding hydrogens is 676 g/mol. The molecule has 0 fully saturated rings. The number of hydroxylamine groups is 1. The third-order valence-corrected chi connectivity index (χ3v) is 8.54. The highest BCUT2D eigenvalue weighted by Crippen LogP contribution is 2.42. The van der Waals surface area contributed by atoms with Crippen molar-refractivity contribution in [2.45, 2.75) is 13.1 Å². The molecule has 0 radical (unpaired) electrons. The summed E-state index contributed by atoms with van der Waals surface area (Å²) in [5, 5.41) is 20.3. The van der Waals surface area contributed by atoms with Crippen molar-refractivity contribution in [1.82, 2.24) is 15.2 Å². The number of ether oxygens (including phenoxy) is 2. The van der Waals surface area contributed by atoms with E-state index in [0.29, 0.717) is 58.7 Å². The highest BCUT2D eigenvalue weighted by atomic mass is 16.8. The maximum atomic E-state index is 12.4. The van der Waals surface area contributed by atoms with Gasteiger partial charge in [-0.05, 0) is 29.3 Å². The number of anilines is 1. The summed E-state index contributed by atoms with van der Waals surface area (Å²) in [4.78, 5) is 42.0. The van der Waals surface area contributed by atoms with Crippen LogP contribution in [0.3, 0.4) is 0 Å². The van der Waals surface area contributed by atoms with Crippen LogP contribution in [0.15, 0.2) is 126 Å². The van der Waals surface area contributed by atoms with Gasteiger partial charge in [-0.1, -0.05) is 84.9 Å². The van der Waals surface area contributed by atoms with E-state index < -0.39 is 18.2 Å². The van der Waals surface area contributed by atoms with Gasteiger partial charge < -0.3 is 34.4 Å². The monoisotopic (exact) mass is 714 g/mol. The molecule has 12 heteroatoms. The lowest BCUT2D eigenvalue weighted by atomic mass is 9.90. The van der Waals surface area contributed by atoms with Crippen molar-refractivity contribution < 1.29 is 38.2 Å². The number of rotatable bonds is 13. The molecule has 2 amide bonds. The van der Waals surface area contributed by atoms with Gasteiger partial charge in [0.25, 0.3) is 0 Å².